The van der Waals surface area contributed by atoms with E-state index >= 15 is 0 Å². The predicted molar refractivity (Wildman–Crippen MR) is 83.4 cm³/mol. The highest BCUT2D eigenvalue weighted by Gasteiger charge is 2.16. The molecule has 1 aromatic carbocycles. The minimum Gasteiger partial charge on any atom is -0.489 e. The van der Waals surface area contributed by atoms with Crippen molar-refractivity contribution in [3.8, 4) is 5.75 Å². The van der Waals surface area contributed by atoms with Crippen LogP contribution < -0.4 is 10.1 Å². The van der Waals surface area contributed by atoms with Gasteiger partial charge in [-0.05, 0) is 32.2 Å². The zero-order valence-corrected chi connectivity index (χ0v) is 13.2. The van der Waals surface area contributed by atoms with Crippen molar-refractivity contribution in [2.75, 3.05) is 26.0 Å². The summed E-state index contributed by atoms with van der Waals surface area (Å²) in [6.07, 6.45) is 1.53. The second-order valence-electron chi connectivity index (χ2n) is 4.99. The summed E-state index contributed by atoms with van der Waals surface area (Å²) in [4.78, 5) is 0. The summed E-state index contributed by atoms with van der Waals surface area (Å²) in [6.45, 7) is 5.91. The Balaban J connectivity index is 2.25. The molecule has 0 saturated heterocycles. The molecule has 0 aliphatic carbocycles. The molecule has 1 atom stereocenters. The van der Waals surface area contributed by atoms with Gasteiger partial charge < -0.3 is 15.2 Å². The lowest BCUT2D eigenvalue weighted by Crippen LogP contribution is -2.38. The highest BCUT2D eigenvalue weighted by Crippen LogP contribution is 2.23. The first kappa shape index (κ1) is 16.6. The average molecular weight is 304 g/mol. The van der Waals surface area contributed by atoms with E-state index in [4.69, 9.17) is 16.3 Å². The monoisotopic (exact) mass is 303 g/mol. The molecule has 0 saturated carbocycles. The molecular weight excluding hydrogens is 282 g/mol. The largest absolute Gasteiger partial charge is 0.489 e. The standard InChI is InChI=1S/C14H22ClNO2S/c1-14(2,19-3)10-16-8-11(17)9-18-13-7-5-4-6-12(13)15/h4-7,11,16-17H,8-10H2,1-3H3. The topological polar surface area (TPSA) is 41.5 Å². The summed E-state index contributed by atoms with van der Waals surface area (Å²) in [5, 5.41) is 13.6. The van der Waals surface area contributed by atoms with Crippen LogP contribution in [0.2, 0.25) is 5.02 Å². The van der Waals surface area contributed by atoms with Gasteiger partial charge >= 0.3 is 0 Å². The van der Waals surface area contributed by atoms with Gasteiger partial charge in [0.25, 0.3) is 0 Å². The van der Waals surface area contributed by atoms with Crippen molar-refractivity contribution in [2.45, 2.75) is 24.7 Å². The Hall–Kier alpha value is -0.420. The fourth-order valence-electron chi connectivity index (χ4n) is 1.42. The van der Waals surface area contributed by atoms with Crippen LogP contribution in [0.3, 0.4) is 0 Å². The lowest BCUT2D eigenvalue weighted by molar-refractivity contribution is 0.106. The molecule has 1 unspecified atom stereocenters. The third-order valence-corrected chi connectivity index (χ3v) is 4.31. The summed E-state index contributed by atoms with van der Waals surface area (Å²) in [6, 6.07) is 7.26. The van der Waals surface area contributed by atoms with E-state index in [0.29, 0.717) is 17.3 Å². The number of halogens is 1. The highest BCUT2D eigenvalue weighted by atomic mass is 35.5. The smallest absolute Gasteiger partial charge is 0.138 e. The summed E-state index contributed by atoms with van der Waals surface area (Å²) in [5.74, 6) is 0.604. The van der Waals surface area contributed by atoms with Crippen molar-refractivity contribution in [3.63, 3.8) is 0 Å². The van der Waals surface area contributed by atoms with E-state index in [9.17, 15) is 5.11 Å². The van der Waals surface area contributed by atoms with Crippen molar-refractivity contribution in [1.29, 1.82) is 0 Å². The van der Waals surface area contributed by atoms with E-state index in [-0.39, 0.29) is 11.4 Å². The fourth-order valence-corrected chi connectivity index (χ4v) is 1.86. The number of aliphatic hydroxyl groups is 1. The lowest BCUT2D eigenvalue weighted by Gasteiger charge is -2.23. The summed E-state index contributed by atoms with van der Waals surface area (Å²) in [5.41, 5.74) is 0. The van der Waals surface area contributed by atoms with Crippen LogP contribution in [-0.2, 0) is 0 Å². The molecule has 19 heavy (non-hydrogen) atoms. The van der Waals surface area contributed by atoms with Crippen LogP contribution in [0.25, 0.3) is 0 Å². The van der Waals surface area contributed by atoms with Gasteiger partial charge in [0, 0.05) is 17.8 Å². The van der Waals surface area contributed by atoms with Gasteiger partial charge in [0.2, 0.25) is 0 Å². The lowest BCUT2D eigenvalue weighted by atomic mass is 10.2. The van der Waals surface area contributed by atoms with Crippen LogP contribution in [0.1, 0.15) is 13.8 Å². The normalized spacial score (nSPS) is 13.3. The van der Waals surface area contributed by atoms with E-state index in [1.54, 1.807) is 23.9 Å². The highest BCUT2D eigenvalue weighted by molar-refractivity contribution is 7.99. The van der Waals surface area contributed by atoms with Crippen molar-refractivity contribution in [3.05, 3.63) is 29.3 Å². The van der Waals surface area contributed by atoms with E-state index in [1.807, 2.05) is 12.1 Å². The Labute approximate surface area is 124 Å². The summed E-state index contributed by atoms with van der Waals surface area (Å²) in [7, 11) is 0. The second-order valence-corrected chi connectivity index (χ2v) is 6.91. The Morgan fingerprint density at radius 1 is 1.42 bits per heavy atom. The molecule has 108 valence electrons. The Morgan fingerprint density at radius 2 is 2.11 bits per heavy atom. The van der Waals surface area contributed by atoms with E-state index in [0.717, 1.165) is 6.54 Å². The predicted octanol–water partition coefficient (Wildman–Crippen LogP) is 2.81. The Bertz CT molecular complexity index is 387. The summed E-state index contributed by atoms with van der Waals surface area (Å²) < 4.78 is 5.65. The maximum Gasteiger partial charge on any atom is 0.138 e. The van der Waals surface area contributed by atoms with Crippen molar-refractivity contribution in [2.24, 2.45) is 0 Å². The average Bonchev–Trinajstić information content (AvgIpc) is 2.37. The van der Waals surface area contributed by atoms with Crippen molar-refractivity contribution in [1.82, 2.24) is 5.32 Å². The molecule has 1 aromatic rings. The molecule has 0 aliphatic heterocycles. The number of rotatable bonds is 8. The van der Waals surface area contributed by atoms with Crippen LogP contribution in [0.15, 0.2) is 24.3 Å². The van der Waals surface area contributed by atoms with Crippen LogP contribution >= 0.6 is 23.4 Å². The number of thioether (sulfide) groups is 1. The number of benzene rings is 1. The molecule has 1 rings (SSSR count). The van der Waals surface area contributed by atoms with Gasteiger partial charge in [0.15, 0.2) is 0 Å². The molecule has 0 bridgehead atoms. The number of hydrogen-bond donors (Lipinski definition) is 2. The number of para-hydroxylation sites is 1. The minimum absolute atomic E-state index is 0.170. The number of ether oxygens (including phenoxy) is 1. The number of hydrogen-bond acceptors (Lipinski definition) is 4. The maximum atomic E-state index is 9.83. The van der Waals surface area contributed by atoms with Crippen molar-refractivity contribution < 1.29 is 9.84 Å². The Kier molecular flexibility index (Phi) is 7.00. The van der Waals surface area contributed by atoms with Gasteiger partial charge in [-0.2, -0.15) is 11.8 Å². The third-order valence-electron chi connectivity index (χ3n) is 2.75. The molecule has 0 fully saturated rings. The SMILES string of the molecule is CSC(C)(C)CNCC(O)COc1ccccc1Cl. The van der Waals surface area contributed by atoms with E-state index in [2.05, 4.69) is 25.4 Å². The molecule has 0 spiro atoms. The van der Waals surface area contributed by atoms with Crippen LogP contribution in [0, 0.1) is 0 Å². The minimum atomic E-state index is -0.547. The molecular formula is C14H22ClNO2S. The van der Waals surface area contributed by atoms with Gasteiger partial charge in [0.1, 0.15) is 18.5 Å². The van der Waals surface area contributed by atoms with Gasteiger partial charge in [-0.15, -0.1) is 0 Å². The molecule has 3 nitrogen and oxygen atoms in total. The van der Waals surface area contributed by atoms with Gasteiger partial charge in [-0.1, -0.05) is 23.7 Å². The van der Waals surface area contributed by atoms with Gasteiger partial charge in [0.05, 0.1) is 5.02 Å². The van der Waals surface area contributed by atoms with E-state index < -0.39 is 6.10 Å². The molecule has 0 aromatic heterocycles. The van der Waals surface area contributed by atoms with Crippen LogP contribution in [0.4, 0.5) is 0 Å². The maximum absolute atomic E-state index is 9.83. The van der Waals surface area contributed by atoms with Crippen LogP contribution in [-0.4, -0.2) is 41.9 Å². The molecule has 0 amide bonds. The summed E-state index contributed by atoms with van der Waals surface area (Å²) >= 11 is 7.76. The molecule has 0 aliphatic rings. The Morgan fingerprint density at radius 3 is 2.74 bits per heavy atom. The first-order chi connectivity index (χ1) is 8.94. The number of nitrogens with one attached hydrogen (secondary N) is 1. The van der Waals surface area contributed by atoms with Crippen molar-refractivity contribution >= 4 is 23.4 Å². The van der Waals surface area contributed by atoms with Gasteiger partial charge in [-0.3, -0.25) is 0 Å². The zero-order valence-electron chi connectivity index (χ0n) is 11.6. The quantitative estimate of drug-likeness (QED) is 0.775. The molecule has 5 heteroatoms. The second kappa shape index (κ2) is 8.00. The molecule has 2 N–H and O–H groups in total. The molecule has 0 radical (unpaired) electrons. The fraction of sp³-hybridized carbons (Fsp3) is 0.571. The molecule has 0 heterocycles. The van der Waals surface area contributed by atoms with E-state index in [1.165, 1.54) is 0 Å². The first-order valence-corrected chi connectivity index (χ1v) is 7.86. The van der Waals surface area contributed by atoms with Crippen LogP contribution in [0.5, 0.6) is 5.75 Å². The number of aliphatic hydroxyl groups excluding tert-OH is 1. The first-order valence-electron chi connectivity index (χ1n) is 6.26. The van der Waals surface area contributed by atoms with Gasteiger partial charge in [-0.25, -0.2) is 0 Å². The zero-order chi connectivity index (χ0) is 14.3. The third kappa shape index (κ3) is 6.52.